The lowest BCUT2D eigenvalue weighted by Crippen LogP contribution is -2.07. The summed E-state index contributed by atoms with van der Waals surface area (Å²) in [6.07, 6.45) is 1.50. The van der Waals surface area contributed by atoms with E-state index in [2.05, 4.69) is 9.73 Å². The van der Waals surface area contributed by atoms with Crippen molar-refractivity contribution in [2.24, 2.45) is 4.99 Å². The average Bonchev–Trinajstić information content (AvgIpc) is 3.01. The molecule has 0 aromatic heterocycles. The lowest BCUT2D eigenvalue weighted by molar-refractivity contribution is -0.129. The van der Waals surface area contributed by atoms with E-state index >= 15 is 0 Å². The number of halogens is 2. The molecular weight excluding hydrogens is 360 g/mol. The molecule has 1 aliphatic heterocycles. The maximum atomic E-state index is 12.4. The van der Waals surface area contributed by atoms with E-state index in [-0.39, 0.29) is 17.3 Å². The van der Waals surface area contributed by atoms with Crippen molar-refractivity contribution in [3.63, 3.8) is 0 Å². The molecule has 1 aliphatic rings. The summed E-state index contributed by atoms with van der Waals surface area (Å²) in [6, 6.07) is 10.9. The van der Waals surface area contributed by atoms with Crippen molar-refractivity contribution in [3.05, 3.63) is 59.3 Å². The van der Waals surface area contributed by atoms with E-state index in [0.29, 0.717) is 22.6 Å². The number of para-hydroxylation sites is 1. The molecule has 3 rings (SSSR count). The SMILES string of the molecule is COc1cccc(C=C2N=C(c3cccc(OC(F)F)c3)OC2=O)c1OC. The van der Waals surface area contributed by atoms with Crippen LogP contribution in [0.15, 0.2) is 53.2 Å². The van der Waals surface area contributed by atoms with Gasteiger partial charge in [0.2, 0.25) is 5.90 Å². The number of carbonyl (C=O) groups excluding carboxylic acids is 1. The summed E-state index contributed by atoms with van der Waals surface area (Å²) in [7, 11) is 2.99. The molecule has 0 fully saturated rings. The van der Waals surface area contributed by atoms with Gasteiger partial charge in [0.1, 0.15) is 5.75 Å². The molecule has 0 saturated heterocycles. The maximum absolute atomic E-state index is 12.4. The molecular formula is C19H15F2NO5. The fourth-order valence-electron chi connectivity index (χ4n) is 2.51. The summed E-state index contributed by atoms with van der Waals surface area (Å²) >= 11 is 0. The number of cyclic esters (lactones) is 1. The predicted molar refractivity (Wildman–Crippen MR) is 93.2 cm³/mol. The van der Waals surface area contributed by atoms with Gasteiger partial charge in [0, 0.05) is 11.1 Å². The highest BCUT2D eigenvalue weighted by Crippen LogP contribution is 2.33. The van der Waals surface area contributed by atoms with Crippen LogP contribution in [0.25, 0.3) is 6.08 Å². The third-order valence-electron chi connectivity index (χ3n) is 3.65. The molecule has 27 heavy (non-hydrogen) atoms. The Hall–Kier alpha value is -3.42. The number of carbonyl (C=O) groups is 1. The first-order valence-corrected chi connectivity index (χ1v) is 7.80. The minimum atomic E-state index is -2.95. The van der Waals surface area contributed by atoms with Gasteiger partial charge in [-0.2, -0.15) is 8.78 Å². The van der Waals surface area contributed by atoms with Crippen LogP contribution < -0.4 is 14.2 Å². The monoisotopic (exact) mass is 375 g/mol. The Labute approximate surface area is 153 Å². The molecule has 1 heterocycles. The molecule has 2 aromatic rings. The van der Waals surface area contributed by atoms with E-state index in [0.717, 1.165) is 0 Å². The number of benzene rings is 2. The minimum absolute atomic E-state index is 0.00664. The predicted octanol–water partition coefficient (Wildman–Crippen LogP) is 3.65. The quantitative estimate of drug-likeness (QED) is 0.570. The second-order valence-corrected chi connectivity index (χ2v) is 5.33. The van der Waals surface area contributed by atoms with E-state index < -0.39 is 12.6 Å². The number of hydrogen-bond donors (Lipinski definition) is 0. The molecule has 0 amide bonds. The Bertz CT molecular complexity index is 924. The second-order valence-electron chi connectivity index (χ2n) is 5.33. The highest BCUT2D eigenvalue weighted by molar-refractivity contribution is 6.13. The van der Waals surface area contributed by atoms with Gasteiger partial charge in [-0.25, -0.2) is 9.79 Å². The molecule has 0 N–H and O–H groups in total. The first-order chi connectivity index (χ1) is 13.0. The van der Waals surface area contributed by atoms with Gasteiger partial charge in [-0.05, 0) is 30.3 Å². The van der Waals surface area contributed by atoms with Gasteiger partial charge in [-0.15, -0.1) is 0 Å². The zero-order chi connectivity index (χ0) is 19.4. The van der Waals surface area contributed by atoms with Crippen LogP contribution in [0.2, 0.25) is 0 Å². The van der Waals surface area contributed by atoms with Crippen LogP contribution in [-0.2, 0) is 9.53 Å². The fraction of sp³-hybridized carbons (Fsp3) is 0.158. The Morgan fingerprint density at radius 3 is 2.59 bits per heavy atom. The van der Waals surface area contributed by atoms with Gasteiger partial charge in [-0.3, -0.25) is 0 Å². The summed E-state index contributed by atoms with van der Waals surface area (Å²) in [6.45, 7) is -2.95. The second kappa shape index (κ2) is 7.86. The number of rotatable bonds is 6. The topological polar surface area (TPSA) is 66.3 Å². The van der Waals surface area contributed by atoms with Crippen molar-refractivity contribution in [1.29, 1.82) is 0 Å². The van der Waals surface area contributed by atoms with E-state index in [9.17, 15) is 13.6 Å². The Morgan fingerprint density at radius 1 is 1.11 bits per heavy atom. The molecule has 0 atom stereocenters. The summed E-state index contributed by atoms with van der Waals surface area (Å²) < 4.78 is 44.8. The summed E-state index contributed by atoms with van der Waals surface area (Å²) in [5, 5.41) is 0. The Balaban J connectivity index is 1.94. The van der Waals surface area contributed by atoms with Crippen molar-refractivity contribution in [2.45, 2.75) is 6.61 Å². The molecule has 6 nitrogen and oxygen atoms in total. The number of alkyl halides is 2. The first-order valence-electron chi connectivity index (χ1n) is 7.80. The van der Waals surface area contributed by atoms with Gasteiger partial charge in [-0.1, -0.05) is 18.2 Å². The third kappa shape index (κ3) is 4.05. The number of hydrogen-bond acceptors (Lipinski definition) is 6. The van der Waals surface area contributed by atoms with E-state index in [1.807, 2.05) is 0 Å². The van der Waals surface area contributed by atoms with Gasteiger partial charge < -0.3 is 18.9 Å². The van der Waals surface area contributed by atoms with Gasteiger partial charge in [0.15, 0.2) is 17.2 Å². The summed E-state index contributed by atoms with van der Waals surface area (Å²) in [5.74, 6) is 0.201. The van der Waals surface area contributed by atoms with Crippen molar-refractivity contribution in [1.82, 2.24) is 0 Å². The molecule has 0 radical (unpaired) electrons. The zero-order valence-corrected chi connectivity index (χ0v) is 14.4. The van der Waals surface area contributed by atoms with Crippen molar-refractivity contribution in [3.8, 4) is 17.2 Å². The molecule has 140 valence electrons. The van der Waals surface area contributed by atoms with Gasteiger partial charge in [0.05, 0.1) is 14.2 Å². The van der Waals surface area contributed by atoms with Gasteiger partial charge in [0.25, 0.3) is 0 Å². The smallest absolute Gasteiger partial charge is 0.387 e. The van der Waals surface area contributed by atoms with Crippen molar-refractivity contribution < 1.29 is 32.5 Å². The number of ether oxygens (including phenoxy) is 4. The van der Waals surface area contributed by atoms with Crippen LogP contribution in [0.1, 0.15) is 11.1 Å². The Kier molecular flexibility index (Phi) is 5.35. The minimum Gasteiger partial charge on any atom is -0.493 e. The molecule has 0 bridgehead atoms. The molecule has 0 aliphatic carbocycles. The number of nitrogens with zero attached hydrogens (tertiary/aromatic N) is 1. The van der Waals surface area contributed by atoms with E-state index in [1.54, 1.807) is 24.3 Å². The lowest BCUT2D eigenvalue weighted by atomic mass is 10.1. The molecule has 0 unspecified atom stereocenters. The number of esters is 1. The number of aliphatic imine (C=N–C) groups is 1. The van der Waals surface area contributed by atoms with E-state index in [1.165, 1.54) is 38.5 Å². The fourth-order valence-corrected chi connectivity index (χ4v) is 2.51. The summed E-state index contributed by atoms with van der Waals surface area (Å²) in [5.41, 5.74) is 0.947. The molecule has 8 heteroatoms. The highest BCUT2D eigenvalue weighted by Gasteiger charge is 2.25. The average molecular weight is 375 g/mol. The molecule has 0 saturated carbocycles. The summed E-state index contributed by atoms with van der Waals surface area (Å²) in [4.78, 5) is 16.3. The maximum Gasteiger partial charge on any atom is 0.387 e. The van der Waals surface area contributed by atoms with Crippen LogP contribution >= 0.6 is 0 Å². The number of methoxy groups -OCH3 is 2. The standard InChI is InChI=1S/C19H15F2NO5/c1-24-15-8-4-5-11(16(15)25-2)10-14-18(23)27-17(22-14)12-6-3-7-13(9-12)26-19(20)21/h3-10,19H,1-2H3. The van der Waals surface area contributed by atoms with Crippen LogP contribution in [0.3, 0.4) is 0 Å². The van der Waals surface area contributed by atoms with Crippen LogP contribution in [0.4, 0.5) is 8.78 Å². The highest BCUT2D eigenvalue weighted by atomic mass is 19.3. The molecule has 2 aromatic carbocycles. The Morgan fingerprint density at radius 2 is 1.89 bits per heavy atom. The zero-order valence-electron chi connectivity index (χ0n) is 14.4. The molecule has 0 spiro atoms. The van der Waals surface area contributed by atoms with E-state index in [4.69, 9.17) is 14.2 Å². The normalized spacial score (nSPS) is 14.9. The van der Waals surface area contributed by atoms with Crippen LogP contribution in [0.5, 0.6) is 17.2 Å². The lowest BCUT2D eigenvalue weighted by Gasteiger charge is -2.09. The first kappa shape index (κ1) is 18.4. The van der Waals surface area contributed by atoms with Gasteiger partial charge >= 0.3 is 12.6 Å². The van der Waals surface area contributed by atoms with Crippen LogP contribution in [0, 0.1) is 0 Å². The van der Waals surface area contributed by atoms with Crippen molar-refractivity contribution in [2.75, 3.05) is 14.2 Å². The van der Waals surface area contributed by atoms with Crippen LogP contribution in [-0.4, -0.2) is 32.7 Å². The third-order valence-corrected chi connectivity index (χ3v) is 3.65. The largest absolute Gasteiger partial charge is 0.493 e. The van der Waals surface area contributed by atoms with Crippen molar-refractivity contribution >= 4 is 17.9 Å².